The molecule has 5 atom stereocenters. The molecule has 0 bridgehead atoms. The van der Waals surface area contributed by atoms with E-state index in [-0.39, 0.29) is 0 Å². The van der Waals surface area contributed by atoms with Gasteiger partial charge in [-0.05, 0) is 61.2 Å². The Labute approximate surface area is 94.1 Å². The van der Waals surface area contributed by atoms with Crippen molar-refractivity contribution in [3.8, 4) is 0 Å². The molecule has 0 aliphatic heterocycles. The van der Waals surface area contributed by atoms with E-state index in [2.05, 4.69) is 33.8 Å². The van der Waals surface area contributed by atoms with Crippen LogP contribution in [0.1, 0.15) is 47.0 Å². The zero-order chi connectivity index (χ0) is 10.8. The molecule has 3 rings (SSSR count). The average molecular weight is 204 g/mol. The predicted octanol–water partition coefficient (Wildman–Crippen LogP) is 4.27. The van der Waals surface area contributed by atoms with Gasteiger partial charge in [0.25, 0.3) is 0 Å². The molecule has 3 aliphatic rings. The first-order chi connectivity index (χ1) is 7.09. The molecule has 0 aromatic carbocycles. The SMILES string of the molecule is CC1=CC[C@@]23[C@@H]([C@@H]12)[C@H](C(C)C)CC[C@H]3C. The molecule has 0 heteroatoms. The Hall–Kier alpha value is -0.260. The maximum absolute atomic E-state index is 2.53. The lowest BCUT2D eigenvalue weighted by atomic mass is 9.70. The van der Waals surface area contributed by atoms with E-state index in [4.69, 9.17) is 0 Å². The van der Waals surface area contributed by atoms with Gasteiger partial charge in [-0.1, -0.05) is 32.4 Å². The van der Waals surface area contributed by atoms with E-state index in [1.54, 1.807) is 5.57 Å². The van der Waals surface area contributed by atoms with Crippen molar-refractivity contribution in [2.24, 2.45) is 35.0 Å². The number of hydrogen-bond acceptors (Lipinski definition) is 0. The van der Waals surface area contributed by atoms with Crippen molar-refractivity contribution in [1.29, 1.82) is 0 Å². The second-order valence-electron chi connectivity index (χ2n) is 6.65. The predicted molar refractivity (Wildman–Crippen MR) is 64.5 cm³/mol. The van der Waals surface area contributed by atoms with Gasteiger partial charge in [-0.15, -0.1) is 0 Å². The lowest BCUT2D eigenvalue weighted by Gasteiger charge is -2.35. The van der Waals surface area contributed by atoms with Crippen molar-refractivity contribution in [2.45, 2.75) is 47.0 Å². The highest BCUT2D eigenvalue weighted by Crippen LogP contribution is 2.77. The standard InChI is InChI=1S/C15H24/c1-9(2)12-6-5-11(4)15-8-7-10(3)13(15)14(12)15/h7,9,11-14H,5-6,8H2,1-4H3/t11-,12+,13-,14-,15+/m1/s1. The van der Waals surface area contributed by atoms with Crippen LogP contribution in [0.5, 0.6) is 0 Å². The minimum absolute atomic E-state index is 0.747. The van der Waals surface area contributed by atoms with Crippen LogP contribution in [0.2, 0.25) is 0 Å². The maximum Gasteiger partial charge on any atom is -0.0104 e. The first-order valence-corrected chi connectivity index (χ1v) is 6.75. The summed E-state index contributed by atoms with van der Waals surface area (Å²) in [5, 5.41) is 0. The Bertz CT molecular complexity index is 312. The van der Waals surface area contributed by atoms with Gasteiger partial charge in [0.1, 0.15) is 0 Å². The molecule has 2 saturated carbocycles. The van der Waals surface area contributed by atoms with Crippen LogP contribution in [0, 0.1) is 35.0 Å². The number of allylic oxidation sites excluding steroid dienone is 2. The van der Waals surface area contributed by atoms with Gasteiger partial charge in [0.05, 0.1) is 0 Å². The molecular weight excluding hydrogens is 180 g/mol. The molecule has 0 aromatic rings. The van der Waals surface area contributed by atoms with E-state index in [1.165, 1.54) is 19.3 Å². The summed E-state index contributed by atoms with van der Waals surface area (Å²) in [5.41, 5.74) is 2.47. The lowest BCUT2D eigenvalue weighted by Crippen LogP contribution is -2.27. The zero-order valence-electron chi connectivity index (χ0n) is 10.6. The summed E-state index contributed by atoms with van der Waals surface area (Å²) in [6, 6.07) is 0. The van der Waals surface area contributed by atoms with Crippen molar-refractivity contribution in [1.82, 2.24) is 0 Å². The Kier molecular flexibility index (Phi) is 1.92. The van der Waals surface area contributed by atoms with E-state index >= 15 is 0 Å². The number of rotatable bonds is 1. The van der Waals surface area contributed by atoms with Crippen molar-refractivity contribution < 1.29 is 0 Å². The van der Waals surface area contributed by atoms with Crippen LogP contribution in [-0.2, 0) is 0 Å². The molecule has 15 heavy (non-hydrogen) atoms. The van der Waals surface area contributed by atoms with Gasteiger partial charge < -0.3 is 0 Å². The summed E-state index contributed by atoms with van der Waals surface area (Å²) in [6.07, 6.45) is 6.91. The second-order valence-corrected chi connectivity index (χ2v) is 6.65. The van der Waals surface area contributed by atoms with Gasteiger partial charge in [0.15, 0.2) is 0 Å². The summed E-state index contributed by atoms with van der Waals surface area (Å²) in [4.78, 5) is 0. The van der Waals surface area contributed by atoms with E-state index in [1.807, 2.05) is 0 Å². The molecule has 0 saturated heterocycles. The van der Waals surface area contributed by atoms with Gasteiger partial charge in [0, 0.05) is 0 Å². The third-order valence-electron chi connectivity index (χ3n) is 5.89. The van der Waals surface area contributed by atoms with Gasteiger partial charge in [0.2, 0.25) is 0 Å². The highest BCUT2D eigenvalue weighted by molar-refractivity contribution is 5.35. The average Bonchev–Trinajstić information content (AvgIpc) is 2.75. The lowest BCUT2D eigenvalue weighted by molar-refractivity contribution is 0.149. The first-order valence-electron chi connectivity index (χ1n) is 6.75. The normalized spacial score (nSPS) is 52.5. The Morgan fingerprint density at radius 1 is 1.33 bits per heavy atom. The third kappa shape index (κ3) is 1.04. The molecule has 2 fully saturated rings. The van der Waals surface area contributed by atoms with Crippen LogP contribution in [0.25, 0.3) is 0 Å². The fraction of sp³-hybridized carbons (Fsp3) is 0.867. The molecule has 0 heterocycles. The van der Waals surface area contributed by atoms with Crippen molar-refractivity contribution >= 4 is 0 Å². The van der Waals surface area contributed by atoms with Crippen molar-refractivity contribution in [3.05, 3.63) is 11.6 Å². The minimum Gasteiger partial charge on any atom is -0.0847 e. The van der Waals surface area contributed by atoms with Crippen molar-refractivity contribution in [3.63, 3.8) is 0 Å². The second kappa shape index (κ2) is 2.90. The Balaban J connectivity index is 1.91. The van der Waals surface area contributed by atoms with Gasteiger partial charge in [-0.25, -0.2) is 0 Å². The molecule has 0 amide bonds. The summed E-state index contributed by atoms with van der Waals surface area (Å²) < 4.78 is 0. The molecule has 0 N–H and O–H groups in total. The molecule has 3 aliphatic carbocycles. The van der Waals surface area contributed by atoms with Crippen LogP contribution in [0.3, 0.4) is 0 Å². The van der Waals surface area contributed by atoms with Crippen molar-refractivity contribution in [2.75, 3.05) is 0 Å². The zero-order valence-corrected chi connectivity index (χ0v) is 10.6. The van der Waals surface area contributed by atoms with Gasteiger partial charge in [-0.3, -0.25) is 0 Å². The van der Waals surface area contributed by atoms with E-state index in [0.717, 1.165) is 35.0 Å². The largest absolute Gasteiger partial charge is 0.0847 e. The van der Waals surface area contributed by atoms with Crippen LogP contribution < -0.4 is 0 Å². The summed E-state index contributed by atoms with van der Waals surface area (Å²) in [7, 11) is 0. The topological polar surface area (TPSA) is 0 Å². The molecule has 0 aromatic heterocycles. The summed E-state index contributed by atoms with van der Waals surface area (Å²) in [6.45, 7) is 9.75. The smallest absolute Gasteiger partial charge is 0.0104 e. The van der Waals surface area contributed by atoms with Crippen LogP contribution >= 0.6 is 0 Å². The Morgan fingerprint density at radius 3 is 2.73 bits per heavy atom. The van der Waals surface area contributed by atoms with E-state index in [9.17, 15) is 0 Å². The molecule has 0 unspecified atom stereocenters. The maximum atomic E-state index is 2.53. The summed E-state index contributed by atoms with van der Waals surface area (Å²) in [5.74, 6) is 4.96. The van der Waals surface area contributed by atoms with Crippen LogP contribution in [0.15, 0.2) is 11.6 Å². The Morgan fingerprint density at radius 2 is 2.07 bits per heavy atom. The van der Waals surface area contributed by atoms with E-state index in [0.29, 0.717) is 0 Å². The van der Waals surface area contributed by atoms with Gasteiger partial charge >= 0.3 is 0 Å². The monoisotopic (exact) mass is 204 g/mol. The summed E-state index contributed by atoms with van der Waals surface area (Å²) >= 11 is 0. The quantitative estimate of drug-likeness (QED) is 0.559. The van der Waals surface area contributed by atoms with Gasteiger partial charge in [-0.2, -0.15) is 0 Å². The molecule has 84 valence electrons. The third-order valence-corrected chi connectivity index (χ3v) is 5.89. The highest BCUT2D eigenvalue weighted by Gasteiger charge is 2.71. The molecule has 0 radical (unpaired) electrons. The van der Waals surface area contributed by atoms with Crippen LogP contribution in [-0.4, -0.2) is 0 Å². The minimum atomic E-state index is 0.747. The number of hydrogen-bond donors (Lipinski definition) is 0. The van der Waals surface area contributed by atoms with E-state index < -0.39 is 0 Å². The fourth-order valence-electron chi connectivity index (χ4n) is 5.05. The van der Waals surface area contributed by atoms with Crippen LogP contribution in [0.4, 0.5) is 0 Å². The fourth-order valence-corrected chi connectivity index (χ4v) is 5.05. The molecule has 1 spiro atoms. The highest BCUT2D eigenvalue weighted by atomic mass is 14.8. The first kappa shape index (κ1) is 9.93. The molecule has 0 nitrogen and oxygen atoms in total. The number of fused-ring (bicyclic) bond motifs is 1. The molecular formula is C15H24.